The van der Waals surface area contributed by atoms with E-state index in [1.54, 1.807) is 0 Å². The molecule has 0 aliphatic carbocycles. The van der Waals surface area contributed by atoms with Crippen LogP contribution < -0.4 is 16.4 Å². The predicted molar refractivity (Wildman–Crippen MR) is 84.7 cm³/mol. The Morgan fingerprint density at radius 2 is 1.95 bits per heavy atom. The molecule has 21 heavy (non-hydrogen) atoms. The van der Waals surface area contributed by atoms with Gasteiger partial charge in [0.15, 0.2) is 5.75 Å². The molecule has 2 rings (SSSR count). The molecule has 5 nitrogen and oxygen atoms in total. The first-order chi connectivity index (χ1) is 10.1. The summed E-state index contributed by atoms with van der Waals surface area (Å²) >= 11 is 5.79. The van der Waals surface area contributed by atoms with Gasteiger partial charge in [0, 0.05) is 12.2 Å². The molecule has 2 aromatic rings. The number of carbonyl (C=O) groups is 1. The number of hydrogen-bond acceptors (Lipinski definition) is 3. The number of anilines is 2. The number of rotatable bonds is 4. The van der Waals surface area contributed by atoms with Crippen LogP contribution in [0.15, 0.2) is 42.5 Å². The van der Waals surface area contributed by atoms with E-state index in [9.17, 15) is 9.90 Å². The minimum absolute atomic E-state index is 0.0922. The van der Waals surface area contributed by atoms with Gasteiger partial charge in [-0.15, -0.1) is 0 Å². The molecule has 2 aromatic carbocycles. The highest BCUT2D eigenvalue weighted by atomic mass is 35.5. The normalized spacial score (nSPS) is 10.1. The summed E-state index contributed by atoms with van der Waals surface area (Å²) in [7, 11) is 0. The average Bonchev–Trinajstić information content (AvgIpc) is 2.46. The first-order valence-corrected chi connectivity index (χ1v) is 6.81. The Morgan fingerprint density at radius 3 is 2.62 bits per heavy atom. The van der Waals surface area contributed by atoms with Crippen LogP contribution in [0.1, 0.15) is 5.56 Å². The molecular weight excluding hydrogens is 290 g/mol. The third-order valence-electron chi connectivity index (χ3n) is 2.89. The highest BCUT2D eigenvalue weighted by molar-refractivity contribution is 6.32. The fraction of sp³-hybridized carbons (Fsp3) is 0.133. The van der Waals surface area contributed by atoms with Crippen molar-refractivity contribution in [1.29, 1.82) is 0 Å². The molecule has 5 N–H and O–H groups in total. The van der Waals surface area contributed by atoms with E-state index in [1.165, 1.54) is 12.1 Å². The molecule has 6 heteroatoms. The van der Waals surface area contributed by atoms with E-state index < -0.39 is 0 Å². The minimum atomic E-state index is -0.355. The number of phenols is 1. The highest BCUT2D eigenvalue weighted by Crippen LogP contribution is 2.32. The van der Waals surface area contributed by atoms with Gasteiger partial charge in [-0.2, -0.15) is 0 Å². The van der Waals surface area contributed by atoms with Crippen molar-refractivity contribution in [2.24, 2.45) is 0 Å². The SMILES string of the molecule is Nc1cc(NC(=O)NCCc2ccccc2)cc(Cl)c1O. The second-order valence-corrected chi connectivity index (χ2v) is 4.92. The Labute approximate surface area is 127 Å². The molecule has 0 fully saturated rings. The summed E-state index contributed by atoms with van der Waals surface area (Å²) in [5, 5.41) is 14.9. The zero-order valence-corrected chi connectivity index (χ0v) is 12.0. The van der Waals surface area contributed by atoms with Crippen LogP contribution in [0.5, 0.6) is 5.75 Å². The lowest BCUT2D eigenvalue weighted by Gasteiger charge is -2.10. The number of hydrogen-bond donors (Lipinski definition) is 4. The molecule has 0 atom stereocenters. The van der Waals surface area contributed by atoms with Gasteiger partial charge in [0.05, 0.1) is 10.7 Å². The number of nitrogens with two attached hydrogens (primary N) is 1. The number of nitrogen functional groups attached to an aromatic ring is 1. The van der Waals surface area contributed by atoms with E-state index in [4.69, 9.17) is 17.3 Å². The van der Waals surface area contributed by atoms with Crippen molar-refractivity contribution in [3.63, 3.8) is 0 Å². The first-order valence-electron chi connectivity index (χ1n) is 6.43. The van der Waals surface area contributed by atoms with Gasteiger partial charge in [-0.1, -0.05) is 41.9 Å². The largest absolute Gasteiger partial charge is 0.504 e. The van der Waals surface area contributed by atoms with Gasteiger partial charge in [0.2, 0.25) is 0 Å². The summed E-state index contributed by atoms with van der Waals surface area (Å²) in [5.74, 6) is -0.188. The number of carbonyl (C=O) groups excluding carboxylic acids is 1. The molecule has 0 aliphatic rings. The molecule has 0 heterocycles. The van der Waals surface area contributed by atoms with E-state index in [0.717, 1.165) is 12.0 Å². The van der Waals surface area contributed by atoms with Crippen LogP contribution in [-0.4, -0.2) is 17.7 Å². The lowest BCUT2D eigenvalue weighted by Crippen LogP contribution is -2.30. The Balaban J connectivity index is 1.85. The number of benzene rings is 2. The number of amides is 2. The Bertz CT molecular complexity index is 609. The fourth-order valence-corrected chi connectivity index (χ4v) is 2.06. The number of halogens is 1. The maximum Gasteiger partial charge on any atom is 0.319 e. The van der Waals surface area contributed by atoms with E-state index in [-0.39, 0.29) is 22.5 Å². The smallest absolute Gasteiger partial charge is 0.319 e. The standard InChI is InChI=1S/C15H16ClN3O2/c16-12-8-11(9-13(17)14(12)20)19-15(21)18-7-6-10-4-2-1-3-5-10/h1-5,8-9,20H,6-7,17H2,(H2,18,19,21). The molecule has 0 saturated heterocycles. The summed E-state index contributed by atoms with van der Waals surface area (Å²) in [6.07, 6.45) is 0.743. The number of phenolic OH excluding ortho intramolecular Hbond substituents is 1. The molecule has 2 amide bonds. The minimum Gasteiger partial charge on any atom is -0.504 e. The van der Waals surface area contributed by atoms with Crippen molar-refractivity contribution < 1.29 is 9.90 Å². The summed E-state index contributed by atoms with van der Waals surface area (Å²) in [4.78, 5) is 11.7. The van der Waals surface area contributed by atoms with Gasteiger partial charge in [0.1, 0.15) is 0 Å². The molecule has 0 spiro atoms. The van der Waals surface area contributed by atoms with E-state index in [2.05, 4.69) is 10.6 Å². The Kier molecular flexibility index (Phi) is 4.90. The maximum absolute atomic E-state index is 11.7. The lowest BCUT2D eigenvalue weighted by molar-refractivity contribution is 0.252. The molecule has 0 bridgehead atoms. The predicted octanol–water partition coefficient (Wildman–Crippen LogP) is 2.99. The molecular formula is C15H16ClN3O2. The van der Waals surface area contributed by atoms with Gasteiger partial charge < -0.3 is 21.5 Å². The van der Waals surface area contributed by atoms with Gasteiger partial charge in [-0.05, 0) is 24.1 Å². The highest BCUT2D eigenvalue weighted by Gasteiger charge is 2.08. The fourth-order valence-electron chi connectivity index (χ4n) is 1.83. The summed E-state index contributed by atoms with van der Waals surface area (Å²) < 4.78 is 0. The second-order valence-electron chi connectivity index (χ2n) is 4.51. The molecule has 0 saturated carbocycles. The zero-order chi connectivity index (χ0) is 15.2. The maximum atomic E-state index is 11.7. The second kappa shape index (κ2) is 6.85. The molecule has 110 valence electrons. The van der Waals surface area contributed by atoms with Crippen LogP contribution in [0.4, 0.5) is 16.2 Å². The number of aromatic hydroxyl groups is 1. The van der Waals surface area contributed by atoms with Crippen molar-refractivity contribution in [1.82, 2.24) is 5.32 Å². The van der Waals surface area contributed by atoms with Crippen LogP contribution in [0.25, 0.3) is 0 Å². The van der Waals surface area contributed by atoms with Gasteiger partial charge in [0.25, 0.3) is 0 Å². The van der Waals surface area contributed by atoms with E-state index >= 15 is 0 Å². The van der Waals surface area contributed by atoms with Crippen LogP contribution in [0.3, 0.4) is 0 Å². The number of nitrogens with one attached hydrogen (secondary N) is 2. The van der Waals surface area contributed by atoms with Crippen LogP contribution in [0.2, 0.25) is 5.02 Å². The van der Waals surface area contributed by atoms with Crippen molar-refractivity contribution in [2.45, 2.75) is 6.42 Å². The summed E-state index contributed by atoms with van der Waals surface area (Å²) in [5.41, 5.74) is 7.25. The van der Waals surface area contributed by atoms with Crippen molar-refractivity contribution >= 4 is 29.0 Å². The Hall–Kier alpha value is -2.40. The Morgan fingerprint density at radius 1 is 1.24 bits per heavy atom. The van der Waals surface area contributed by atoms with Gasteiger partial charge in [-0.25, -0.2) is 4.79 Å². The molecule has 0 radical (unpaired) electrons. The summed E-state index contributed by atoms with van der Waals surface area (Å²) in [6, 6.07) is 12.4. The van der Waals surface area contributed by atoms with E-state index in [0.29, 0.717) is 12.2 Å². The third-order valence-corrected chi connectivity index (χ3v) is 3.18. The van der Waals surface area contributed by atoms with E-state index in [1.807, 2.05) is 30.3 Å². The monoisotopic (exact) mass is 305 g/mol. The van der Waals surface area contributed by atoms with Crippen LogP contribution in [0, 0.1) is 0 Å². The number of urea groups is 1. The molecule has 0 aliphatic heterocycles. The lowest BCUT2D eigenvalue weighted by atomic mass is 10.1. The summed E-state index contributed by atoms with van der Waals surface area (Å²) in [6.45, 7) is 0.511. The zero-order valence-electron chi connectivity index (χ0n) is 11.3. The third kappa shape index (κ3) is 4.29. The van der Waals surface area contributed by atoms with Crippen molar-refractivity contribution in [3.05, 3.63) is 53.1 Å². The van der Waals surface area contributed by atoms with Crippen LogP contribution >= 0.6 is 11.6 Å². The molecule has 0 unspecified atom stereocenters. The first kappa shape index (κ1) is 15.0. The topological polar surface area (TPSA) is 87.4 Å². The van der Waals surface area contributed by atoms with Crippen molar-refractivity contribution in [3.8, 4) is 5.75 Å². The molecule has 0 aromatic heterocycles. The average molecular weight is 306 g/mol. The quantitative estimate of drug-likeness (QED) is 0.398. The van der Waals surface area contributed by atoms with Crippen LogP contribution in [-0.2, 0) is 6.42 Å². The van der Waals surface area contributed by atoms with Gasteiger partial charge in [-0.3, -0.25) is 0 Å². The van der Waals surface area contributed by atoms with Crippen molar-refractivity contribution in [2.75, 3.05) is 17.6 Å². The van der Waals surface area contributed by atoms with Gasteiger partial charge >= 0.3 is 6.03 Å².